The summed E-state index contributed by atoms with van der Waals surface area (Å²) in [6.45, 7) is 11.3. The fraction of sp³-hybridized carbons (Fsp3) is 1.00. The van der Waals surface area contributed by atoms with E-state index in [1.807, 2.05) is 11.8 Å². The van der Waals surface area contributed by atoms with E-state index in [9.17, 15) is 80.2 Å². The molecule has 0 amide bonds. The molecule has 3 aliphatic rings. The van der Waals surface area contributed by atoms with Crippen molar-refractivity contribution in [2.45, 2.75) is 153 Å². The smallest absolute Gasteiger partial charge is 0.392 e. The zero-order valence-electron chi connectivity index (χ0n) is 51.0. The molecule has 28 nitrogen and oxygen atoms in total. The van der Waals surface area contributed by atoms with E-state index in [2.05, 4.69) is 25.8 Å². The molecule has 0 saturated carbocycles. The zero-order chi connectivity index (χ0) is 63.5. The SMILES string of the molecule is CCCCCCCC[N+](C)(CCCCCCCC)CCC[Si](OC(CN1CCN(CC(O)CC)CC1)CS(=O)(=O)O)(OC(CN1CCN(CC(O)CS(=O)(=O)O)CC1)CS(=O)(=O)O)OC(CN1CCN(CC(O)CS(=O)(=O)O)CC1)CS(=O)(=O)O. The molecular weight excluding hydrogens is 1240 g/mol. The lowest BCUT2D eigenvalue weighted by Crippen LogP contribution is -2.61. The van der Waals surface area contributed by atoms with Crippen molar-refractivity contribution in [2.24, 2.45) is 0 Å². The van der Waals surface area contributed by atoms with Gasteiger partial charge in [0.25, 0.3) is 50.6 Å². The number of piperazine rings is 3. The van der Waals surface area contributed by atoms with Gasteiger partial charge in [-0.3, -0.25) is 52.2 Å². The van der Waals surface area contributed by atoms with Crippen molar-refractivity contribution in [2.75, 3.05) is 173 Å². The van der Waals surface area contributed by atoms with Crippen molar-refractivity contribution in [1.29, 1.82) is 0 Å². The maximum absolute atomic E-state index is 13.2. The van der Waals surface area contributed by atoms with E-state index in [4.69, 9.17) is 13.3 Å². The van der Waals surface area contributed by atoms with Gasteiger partial charge in [-0.1, -0.05) is 72.1 Å². The van der Waals surface area contributed by atoms with Gasteiger partial charge >= 0.3 is 8.80 Å². The average Bonchev–Trinajstić information content (AvgIpc) is 2.33. The molecule has 3 aliphatic heterocycles. The van der Waals surface area contributed by atoms with Crippen LogP contribution in [0.5, 0.6) is 0 Å². The second-order valence-corrected chi connectivity index (χ2v) is 34.3. The first-order chi connectivity index (χ1) is 39.6. The Balaban J connectivity index is 2.22. The summed E-state index contributed by atoms with van der Waals surface area (Å²) in [4.78, 5) is 11.0. The van der Waals surface area contributed by atoms with Gasteiger partial charge in [0.1, 0.15) is 28.8 Å². The highest BCUT2D eigenvalue weighted by Crippen LogP contribution is 2.29. The Morgan fingerprint density at radius 3 is 0.882 bits per heavy atom. The molecule has 85 heavy (non-hydrogen) atoms. The quantitative estimate of drug-likeness (QED) is 0.0177. The standard InChI is InChI=1S/C51H107N7O21S5Si/c1-5-8-10-12-14-16-31-58(4,32-17-15-13-11-9-6-2)33-18-34-85(77-49(43-82(68,69)70)38-55-25-19-52(20-26-55)35-46(59)7-3,78-50(44-83(71,72)73)39-56-27-21-53(22-28-56)36-47(60)41-80(62,63)64)79-51(45-84(74,75)76)40-57-29-23-54(24-30-57)37-48(61)42-81(65,66)67/h46-51,59-61H,5-45H2,1-4H3,(H4-,62,63,64,65,66,67,68,69,70,71,72,73,74,75,76)/p+1. The van der Waals surface area contributed by atoms with Crippen LogP contribution in [0.25, 0.3) is 0 Å². The summed E-state index contributed by atoms with van der Waals surface area (Å²) >= 11 is 0. The van der Waals surface area contributed by atoms with Gasteiger partial charge in [0.05, 0.1) is 63.3 Å². The summed E-state index contributed by atoms with van der Waals surface area (Å²) in [5.74, 6) is -4.88. The van der Waals surface area contributed by atoms with Gasteiger partial charge in [0.2, 0.25) is 0 Å². The Labute approximate surface area is 510 Å². The van der Waals surface area contributed by atoms with Crippen LogP contribution in [-0.2, 0) is 63.9 Å². The highest BCUT2D eigenvalue weighted by molar-refractivity contribution is 7.86. The Kier molecular flexibility index (Phi) is 35.4. The number of unbranched alkanes of at least 4 members (excludes halogenated alkanes) is 10. The minimum atomic E-state index is -4.92. The summed E-state index contributed by atoms with van der Waals surface area (Å²) < 4.78 is 197. The van der Waals surface area contributed by atoms with Crippen molar-refractivity contribution in [3.63, 3.8) is 0 Å². The van der Waals surface area contributed by atoms with E-state index in [1.54, 1.807) is 19.6 Å². The number of hydrogen-bond acceptors (Lipinski definition) is 22. The monoisotopic (exact) mass is 1340 g/mol. The number of aliphatic hydroxyl groups is 3. The van der Waals surface area contributed by atoms with Gasteiger partial charge < -0.3 is 33.1 Å². The predicted octanol–water partition coefficient (Wildman–Crippen LogP) is 0.423. The Morgan fingerprint density at radius 2 is 0.612 bits per heavy atom. The first-order valence-corrected chi connectivity index (χ1v) is 40.6. The Hall–Kier alpha value is -0.753. The highest BCUT2D eigenvalue weighted by atomic mass is 32.2. The molecule has 0 bridgehead atoms. The van der Waals surface area contributed by atoms with Crippen LogP contribution in [0, 0.1) is 0 Å². The first-order valence-electron chi connectivity index (χ1n) is 30.6. The molecule has 0 aromatic rings. The zero-order valence-corrected chi connectivity index (χ0v) is 56.1. The number of quaternary nitrogens is 1. The predicted molar refractivity (Wildman–Crippen MR) is 326 cm³/mol. The minimum absolute atomic E-state index is 0.115. The van der Waals surface area contributed by atoms with E-state index in [-0.39, 0.29) is 97.5 Å². The van der Waals surface area contributed by atoms with Gasteiger partial charge in [-0.05, 0) is 32.1 Å². The van der Waals surface area contributed by atoms with E-state index >= 15 is 0 Å². The molecule has 3 rings (SSSR count). The third-order valence-corrected chi connectivity index (χ3v) is 23.0. The molecule has 6 unspecified atom stereocenters. The Morgan fingerprint density at radius 1 is 0.365 bits per heavy atom. The fourth-order valence-corrected chi connectivity index (χ4v) is 18.2. The molecular formula is C51H108N7O21S5Si+. The number of rotatable bonds is 47. The molecule has 0 aromatic carbocycles. The van der Waals surface area contributed by atoms with Crippen LogP contribution in [0.4, 0.5) is 0 Å². The summed E-state index contributed by atoms with van der Waals surface area (Å²) in [5.41, 5.74) is 0. The van der Waals surface area contributed by atoms with Crippen molar-refractivity contribution in [1.82, 2.24) is 29.4 Å². The van der Waals surface area contributed by atoms with E-state index in [1.165, 1.54) is 0 Å². The molecule has 3 fully saturated rings. The van der Waals surface area contributed by atoms with Crippen LogP contribution in [-0.4, -0.2) is 333 Å². The maximum Gasteiger partial charge on any atom is 0.502 e. The second kappa shape index (κ2) is 38.3. The molecule has 0 aliphatic carbocycles. The number of β-amino-alcohol motifs (C(OH)–C–C–N with tert-alkyl or cyclic N) is 3. The van der Waals surface area contributed by atoms with Gasteiger partial charge in [-0.2, -0.15) is 42.1 Å². The molecule has 8 N–H and O–H groups in total. The van der Waals surface area contributed by atoms with Crippen molar-refractivity contribution < 1.29 is 97.9 Å². The lowest BCUT2D eigenvalue weighted by molar-refractivity contribution is -0.910. The summed E-state index contributed by atoms with van der Waals surface area (Å²) in [7, 11) is -26.5. The molecule has 3 heterocycles. The van der Waals surface area contributed by atoms with Crippen molar-refractivity contribution >= 4 is 59.4 Å². The van der Waals surface area contributed by atoms with Gasteiger partial charge in [0.15, 0.2) is 0 Å². The van der Waals surface area contributed by atoms with Crippen LogP contribution >= 0.6 is 0 Å². The lowest BCUT2D eigenvalue weighted by Gasteiger charge is -2.43. The minimum Gasteiger partial charge on any atom is -0.392 e. The molecule has 506 valence electrons. The molecule has 0 spiro atoms. The number of hydrogen-bond donors (Lipinski definition) is 8. The highest BCUT2D eigenvalue weighted by Gasteiger charge is 2.50. The molecule has 6 atom stereocenters. The largest absolute Gasteiger partial charge is 0.502 e. The van der Waals surface area contributed by atoms with Gasteiger partial charge in [-0.15, -0.1) is 0 Å². The van der Waals surface area contributed by atoms with Crippen LogP contribution in [0.1, 0.15) is 111 Å². The third kappa shape index (κ3) is 37.4. The number of nitrogens with zero attached hydrogens (tertiary/aromatic N) is 7. The normalized spacial score (nSPS) is 20.7. The topological polar surface area (TPSA) is 380 Å². The summed E-state index contributed by atoms with van der Waals surface area (Å²) in [6, 6.07) is -0.165. The van der Waals surface area contributed by atoms with Crippen LogP contribution in [0.2, 0.25) is 6.04 Å². The van der Waals surface area contributed by atoms with Crippen molar-refractivity contribution in [3.8, 4) is 0 Å². The first kappa shape index (κ1) is 78.5. The molecule has 0 radical (unpaired) electrons. The van der Waals surface area contributed by atoms with E-state index in [0.717, 1.165) is 90.1 Å². The second-order valence-electron chi connectivity index (χ2n) is 24.2. The third-order valence-electron chi connectivity index (χ3n) is 16.0. The molecule has 34 heteroatoms. The van der Waals surface area contributed by atoms with Crippen LogP contribution in [0.15, 0.2) is 0 Å². The van der Waals surface area contributed by atoms with E-state index in [0.29, 0.717) is 50.2 Å². The molecule has 3 saturated heterocycles. The fourth-order valence-electron chi connectivity index (χ4n) is 11.6. The van der Waals surface area contributed by atoms with Gasteiger partial charge in [0, 0.05) is 130 Å². The maximum atomic E-state index is 13.2. The van der Waals surface area contributed by atoms with Crippen LogP contribution < -0.4 is 0 Å². The summed E-state index contributed by atoms with van der Waals surface area (Å²) in [5, 5.41) is 31.3. The van der Waals surface area contributed by atoms with Crippen LogP contribution in [0.3, 0.4) is 0 Å². The number of aliphatic hydroxyl groups excluding tert-OH is 3. The lowest BCUT2D eigenvalue weighted by atomic mass is 10.1. The summed E-state index contributed by atoms with van der Waals surface area (Å²) in [6.07, 6.45) is 5.56. The Bertz CT molecular complexity index is 2320. The van der Waals surface area contributed by atoms with Gasteiger partial charge in [-0.25, -0.2) is 0 Å². The molecule has 0 aromatic heterocycles. The van der Waals surface area contributed by atoms with Crippen molar-refractivity contribution in [3.05, 3.63) is 0 Å². The van der Waals surface area contributed by atoms with E-state index < -0.39 is 125 Å². The average molecular weight is 1340 g/mol.